The average molecular weight is 237 g/mol. The Kier molecular flexibility index (Phi) is 2.83. The quantitative estimate of drug-likeness (QED) is 0.846. The van der Waals surface area contributed by atoms with Crippen LogP contribution in [0.2, 0.25) is 0 Å². The number of carbonyl (C=O) groups excluding carboxylic acids is 1. The van der Waals surface area contributed by atoms with Crippen LogP contribution in [0.1, 0.15) is 18.0 Å². The topological polar surface area (TPSA) is 57.6 Å². The smallest absolute Gasteiger partial charge is 0.309 e. The number of benzene rings is 1. The number of carboxylic acids is 1. The zero-order valence-corrected chi connectivity index (χ0v) is 9.26. The van der Waals surface area contributed by atoms with Gasteiger partial charge in [-0.1, -0.05) is 18.2 Å². The first-order valence-electron chi connectivity index (χ1n) is 5.25. The highest BCUT2D eigenvalue weighted by Gasteiger charge is 2.43. The largest absolute Gasteiger partial charge is 0.481 e. The Morgan fingerprint density at radius 1 is 1.47 bits per heavy atom. The predicted molar refractivity (Wildman–Crippen MR) is 57.7 cm³/mol. The number of nitrogens with zero attached hydrogens (tertiary/aromatic N) is 1. The van der Waals surface area contributed by atoms with Gasteiger partial charge in [-0.05, 0) is 6.07 Å². The molecule has 0 aromatic heterocycles. The Bertz CT molecular complexity index is 475. The fraction of sp³-hybridized carbons (Fsp3) is 0.333. The zero-order chi connectivity index (χ0) is 12.6. The van der Waals surface area contributed by atoms with Crippen molar-refractivity contribution in [2.45, 2.75) is 12.5 Å². The number of hydrogen-bond acceptors (Lipinski definition) is 2. The van der Waals surface area contributed by atoms with Gasteiger partial charge in [-0.15, -0.1) is 0 Å². The molecule has 0 radical (unpaired) electrons. The van der Waals surface area contributed by atoms with E-state index in [1.807, 2.05) is 0 Å². The minimum Gasteiger partial charge on any atom is -0.481 e. The summed E-state index contributed by atoms with van der Waals surface area (Å²) in [6, 6.07) is 5.23. The van der Waals surface area contributed by atoms with Crippen molar-refractivity contribution in [2.24, 2.45) is 5.92 Å². The highest BCUT2D eigenvalue weighted by atomic mass is 19.1. The van der Waals surface area contributed by atoms with Crippen LogP contribution in [0.25, 0.3) is 0 Å². The van der Waals surface area contributed by atoms with Gasteiger partial charge in [0.2, 0.25) is 5.91 Å². The fourth-order valence-electron chi connectivity index (χ4n) is 2.23. The van der Waals surface area contributed by atoms with Gasteiger partial charge in [-0.2, -0.15) is 0 Å². The molecule has 4 nitrogen and oxygen atoms in total. The van der Waals surface area contributed by atoms with Crippen molar-refractivity contribution in [3.8, 4) is 0 Å². The normalized spacial score (nSPS) is 24.1. The third-order valence-electron chi connectivity index (χ3n) is 3.13. The van der Waals surface area contributed by atoms with E-state index >= 15 is 0 Å². The van der Waals surface area contributed by atoms with Crippen LogP contribution < -0.4 is 0 Å². The molecule has 90 valence electrons. The molecule has 2 rings (SSSR count). The van der Waals surface area contributed by atoms with Crippen LogP contribution in [0, 0.1) is 11.7 Å². The second kappa shape index (κ2) is 4.16. The molecular weight excluding hydrogens is 225 g/mol. The minimum atomic E-state index is -1.07. The van der Waals surface area contributed by atoms with Gasteiger partial charge in [-0.25, -0.2) is 4.39 Å². The lowest BCUT2D eigenvalue weighted by atomic mass is 9.93. The molecule has 2 atom stereocenters. The second-order valence-electron chi connectivity index (χ2n) is 4.12. The molecule has 0 saturated carbocycles. The van der Waals surface area contributed by atoms with E-state index in [-0.39, 0.29) is 17.9 Å². The van der Waals surface area contributed by atoms with Gasteiger partial charge in [0.15, 0.2) is 0 Å². The molecule has 1 heterocycles. The summed E-state index contributed by atoms with van der Waals surface area (Å²) in [5.41, 5.74) is 0.258. The Hall–Kier alpha value is -1.91. The van der Waals surface area contributed by atoms with Crippen molar-refractivity contribution < 1.29 is 19.1 Å². The standard InChI is InChI=1S/C12H12FNO3/c1-14-10(15)6-8(12(16)17)11(14)7-4-2-3-5-9(7)13/h2-5,8,11H,6H2,1H3,(H,16,17)/t8-,11+/m0/s1. The monoisotopic (exact) mass is 237 g/mol. The summed E-state index contributed by atoms with van der Waals surface area (Å²) in [7, 11) is 1.50. The molecule has 1 saturated heterocycles. The first-order chi connectivity index (χ1) is 8.02. The third kappa shape index (κ3) is 1.88. The summed E-state index contributed by atoms with van der Waals surface area (Å²) in [4.78, 5) is 23.9. The molecule has 17 heavy (non-hydrogen) atoms. The predicted octanol–water partition coefficient (Wildman–Crippen LogP) is 1.43. The molecule has 0 unspecified atom stereocenters. The van der Waals surface area contributed by atoms with E-state index in [1.54, 1.807) is 6.07 Å². The first kappa shape index (κ1) is 11.6. The van der Waals surface area contributed by atoms with Crippen LogP contribution in [0.4, 0.5) is 4.39 Å². The van der Waals surface area contributed by atoms with Gasteiger partial charge in [0.1, 0.15) is 5.82 Å². The lowest BCUT2D eigenvalue weighted by Gasteiger charge is -2.23. The van der Waals surface area contributed by atoms with Gasteiger partial charge >= 0.3 is 5.97 Å². The lowest BCUT2D eigenvalue weighted by molar-refractivity contribution is -0.142. The molecule has 1 aliphatic rings. The molecule has 5 heteroatoms. The van der Waals surface area contributed by atoms with E-state index < -0.39 is 23.7 Å². The van der Waals surface area contributed by atoms with Gasteiger partial charge in [-0.3, -0.25) is 9.59 Å². The van der Waals surface area contributed by atoms with Crippen LogP contribution >= 0.6 is 0 Å². The third-order valence-corrected chi connectivity index (χ3v) is 3.13. The van der Waals surface area contributed by atoms with E-state index in [1.165, 1.54) is 30.1 Å². The maximum Gasteiger partial charge on any atom is 0.309 e. The van der Waals surface area contributed by atoms with Crippen molar-refractivity contribution >= 4 is 11.9 Å². The Morgan fingerprint density at radius 3 is 2.71 bits per heavy atom. The maximum absolute atomic E-state index is 13.6. The number of carboxylic acid groups (broad SMARTS) is 1. The first-order valence-corrected chi connectivity index (χ1v) is 5.25. The van der Waals surface area contributed by atoms with Crippen molar-refractivity contribution in [1.82, 2.24) is 4.90 Å². The Balaban J connectivity index is 2.44. The van der Waals surface area contributed by atoms with Crippen LogP contribution in [0.3, 0.4) is 0 Å². The molecule has 1 fully saturated rings. The van der Waals surface area contributed by atoms with Gasteiger partial charge in [0.05, 0.1) is 12.0 Å². The Morgan fingerprint density at radius 2 is 2.12 bits per heavy atom. The number of carbonyl (C=O) groups is 2. The number of amides is 1. The van der Waals surface area contributed by atoms with Gasteiger partial charge in [0.25, 0.3) is 0 Å². The van der Waals surface area contributed by atoms with Crippen molar-refractivity contribution in [2.75, 3.05) is 7.05 Å². The van der Waals surface area contributed by atoms with Crippen molar-refractivity contribution in [3.63, 3.8) is 0 Å². The molecule has 0 bridgehead atoms. The molecule has 1 aromatic carbocycles. The summed E-state index contributed by atoms with van der Waals surface area (Å²) < 4.78 is 13.6. The molecular formula is C12H12FNO3. The van der Waals surface area contributed by atoms with E-state index in [4.69, 9.17) is 5.11 Å². The average Bonchev–Trinajstić information content (AvgIpc) is 2.57. The van der Waals surface area contributed by atoms with Crippen molar-refractivity contribution in [3.05, 3.63) is 35.6 Å². The zero-order valence-electron chi connectivity index (χ0n) is 9.26. The number of hydrogen-bond donors (Lipinski definition) is 1. The number of likely N-dealkylation sites (tertiary alicyclic amines) is 1. The molecule has 1 N–H and O–H groups in total. The van der Waals surface area contributed by atoms with Gasteiger partial charge in [0, 0.05) is 19.0 Å². The minimum absolute atomic E-state index is 0.0785. The van der Waals surface area contributed by atoms with Crippen LogP contribution in [-0.4, -0.2) is 28.9 Å². The molecule has 0 spiro atoms. The number of rotatable bonds is 2. The summed E-state index contributed by atoms with van der Waals surface area (Å²) in [6.07, 6.45) is -0.0785. The van der Waals surface area contributed by atoms with Crippen LogP contribution in [0.15, 0.2) is 24.3 Å². The van der Waals surface area contributed by atoms with E-state index in [0.717, 1.165) is 0 Å². The summed E-state index contributed by atoms with van der Waals surface area (Å²) >= 11 is 0. The lowest BCUT2D eigenvalue weighted by Crippen LogP contribution is -2.27. The van der Waals surface area contributed by atoms with Crippen LogP contribution in [0.5, 0.6) is 0 Å². The van der Waals surface area contributed by atoms with E-state index in [0.29, 0.717) is 0 Å². The summed E-state index contributed by atoms with van der Waals surface area (Å²) in [5, 5.41) is 9.07. The number of halogens is 1. The van der Waals surface area contributed by atoms with Crippen LogP contribution in [-0.2, 0) is 9.59 Å². The molecule has 1 aromatic rings. The van der Waals surface area contributed by atoms with E-state index in [2.05, 4.69) is 0 Å². The second-order valence-corrected chi connectivity index (χ2v) is 4.12. The Labute approximate surface area is 97.7 Å². The molecule has 1 aliphatic heterocycles. The molecule has 1 amide bonds. The van der Waals surface area contributed by atoms with E-state index in [9.17, 15) is 14.0 Å². The summed E-state index contributed by atoms with van der Waals surface area (Å²) in [5.74, 6) is -2.71. The highest BCUT2D eigenvalue weighted by molar-refractivity contribution is 5.87. The fourth-order valence-corrected chi connectivity index (χ4v) is 2.23. The summed E-state index contributed by atoms with van der Waals surface area (Å²) in [6.45, 7) is 0. The van der Waals surface area contributed by atoms with Gasteiger partial charge < -0.3 is 10.0 Å². The molecule has 0 aliphatic carbocycles. The maximum atomic E-state index is 13.6. The van der Waals surface area contributed by atoms with Crippen molar-refractivity contribution in [1.29, 1.82) is 0 Å². The SMILES string of the molecule is CN1C(=O)C[C@H](C(=O)O)[C@H]1c1ccccc1F. The number of aliphatic carboxylic acids is 1. The highest BCUT2D eigenvalue weighted by Crippen LogP contribution is 2.37.